The topological polar surface area (TPSA) is 87.1 Å². The summed E-state index contributed by atoms with van der Waals surface area (Å²) >= 11 is 0. The van der Waals surface area contributed by atoms with Crippen LogP contribution in [0.25, 0.3) is 0 Å². The number of hydrogen-bond acceptors (Lipinski definition) is 6. The first-order valence-electron chi connectivity index (χ1n) is 9.17. The standard InChI is InChI=1S/C21H24N4O3/c1-2-4-17-5-3-6-18(20(17)26)15-23-24-21(27)19(16-7-9-22-10-8-16)25-11-13-28-14-12-25/h2-3,5-10,15,19,26H,1,4,11-14H2,(H,24,27)/b23-15-/t19-/m0/s1. The summed E-state index contributed by atoms with van der Waals surface area (Å²) in [5.41, 5.74) is 4.74. The lowest BCUT2D eigenvalue weighted by Crippen LogP contribution is -2.44. The molecule has 0 aliphatic carbocycles. The first-order valence-corrected chi connectivity index (χ1v) is 9.17. The van der Waals surface area contributed by atoms with Crippen LogP contribution in [-0.4, -0.2) is 53.4 Å². The molecule has 0 unspecified atom stereocenters. The minimum atomic E-state index is -0.482. The Morgan fingerprint density at radius 3 is 2.79 bits per heavy atom. The van der Waals surface area contributed by atoms with E-state index >= 15 is 0 Å². The molecule has 1 aliphatic heterocycles. The number of pyridine rings is 1. The molecule has 28 heavy (non-hydrogen) atoms. The molecule has 2 N–H and O–H groups in total. The van der Waals surface area contributed by atoms with Crippen LogP contribution >= 0.6 is 0 Å². The Hall–Kier alpha value is -3.03. The summed E-state index contributed by atoms with van der Waals surface area (Å²) in [7, 11) is 0. The number of allylic oxidation sites excluding steroid dienone is 1. The van der Waals surface area contributed by atoms with E-state index in [1.807, 2.05) is 24.3 Å². The summed E-state index contributed by atoms with van der Waals surface area (Å²) in [6.07, 6.45) is 7.06. The monoisotopic (exact) mass is 380 g/mol. The number of phenolic OH excluding ortho intramolecular Hbond substituents is 1. The van der Waals surface area contributed by atoms with Gasteiger partial charge in [-0.25, -0.2) is 5.43 Å². The molecule has 0 spiro atoms. The van der Waals surface area contributed by atoms with E-state index in [0.29, 0.717) is 38.3 Å². The van der Waals surface area contributed by atoms with Gasteiger partial charge >= 0.3 is 0 Å². The van der Waals surface area contributed by atoms with Crippen molar-refractivity contribution in [2.75, 3.05) is 26.3 Å². The van der Waals surface area contributed by atoms with Gasteiger partial charge < -0.3 is 9.84 Å². The molecule has 2 aromatic rings. The number of aromatic hydroxyl groups is 1. The van der Waals surface area contributed by atoms with E-state index in [4.69, 9.17) is 4.74 Å². The third-order valence-corrected chi connectivity index (χ3v) is 4.57. The number of nitrogens with one attached hydrogen (secondary N) is 1. The average Bonchev–Trinajstić information content (AvgIpc) is 2.73. The van der Waals surface area contributed by atoms with Crippen molar-refractivity contribution in [3.8, 4) is 5.75 Å². The molecule has 146 valence electrons. The summed E-state index contributed by atoms with van der Waals surface area (Å²) in [4.78, 5) is 19.0. The number of hydrogen-bond donors (Lipinski definition) is 2. The SMILES string of the molecule is C=CCc1cccc(/C=N\NC(=O)[C@H](c2ccncc2)N2CCOCC2)c1O. The van der Waals surface area contributed by atoms with Gasteiger partial charge in [0.25, 0.3) is 5.91 Å². The smallest absolute Gasteiger partial charge is 0.262 e. The number of carbonyl (C=O) groups excluding carboxylic acids is 1. The predicted molar refractivity (Wildman–Crippen MR) is 107 cm³/mol. The molecule has 1 fully saturated rings. The van der Waals surface area contributed by atoms with Crippen molar-refractivity contribution in [2.45, 2.75) is 12.5 Å². The van der Waals surface area contributed by atoms with Gasteiger partial charge in [-0.3, -0.25) is 14.7 Å². The molecule has 2 heterocycles. The molecule has 1 aliphatic rings. The van der Waals surface area contributed by atoms with Gasteiger partial charge in [-0.15, -0.1) is 6.58 Å². The second-order valence-corrected chi connectivity index (χ2v) is 6.41. The van der Waals surface area contributed by atoms with Crippen molar-refractivity contribution >= 4 is 12.1 Å². The largest absolute Gasteiger partial charge is 0.507 e. The fourth-order valence-electron chi connectivity index (χ4n) is 3.17. The zero-order valence-electron chi connectivity index (χ0n) is 15.6. The molecule has 3 rings (SSSR count). The lowest BCUT2D eigenvalue weighted by molar-refractivity contribution is -0.128. The zero-order valence-corrected chi connectivity index (χ0v) is 15.6. The first-order chi connectivity index (χ1) is 13.7. The van der Waals surface area contributed by atoms with Crippen molar-refractivity contribution in [1.82, 2.24) is 15.3 Å². The summed E-state index contributed by atoms with van der Waals surface area (Å²) in [5, 5.41) is 14.4. The van der Waals surface area contributed by atoms with Gasteiger partial charge in [0.15, 0.2) is 0 Å². The fourth-order valence-corrected chi connectivity index (χ4v) is 3.17. The van der Waals surface area contributed by atoms with Crippen LogP contribution in [-0.2, 0) is 16.0 Å². The van der Waals surface area contributed by atoms with Gasteiger partial charge in [-0.1, -0.05) is 18.2 Å². The van der Waals surface area contributed by atoms with Crippen molar-refractivity contribution in [1.29, 1.82) is 0 Å². The lowest BCUT2D eigenvalue weighted by atomic mass is 10.1. The number of amides is 1. The molecular formula is C21H24N4O3. The van der Waals surface area contributed by atoms with E-state index in [2.05, 4.69) is 27.0 Å². The lowest BCUT2D eigenvalue weighted by Gasteiger charge is -2.33. The summed E-state index contributed by atoms with van der Waals surface area (Å²) in [6.45, 7) is 6.18. The Labute approximate surface area is 164 Å². The average molecular weight is 380 g/mol. The number of rotatable bonds is 7. The van der Waals surface area contributed by atoms with Crippen LogP contribution in [0.5, 0.6) is 5.75 Å². The Bertz CT molecular complexity index is 833. The Morgan fingerprint density at radius 1 is 1.32 bits per heavy atom. The molecule has 0 saturated carbocycles. The predicted octanol–water partition coefficient (Wildman–Crippen LogP) is 2.04. The zero-order chi connectivity index (χ0) is 19.8. The van der Waals surface area contributed by atoms with Crippen molar-refractivity contribution < 1.29 is 14.6 Å². The second-order valence-electron chi connectivity index (χ2n) is 6.41. The highest BCUT2D eigenvalue weighted by molar-refractivity contribution is 5.87. The molecule has 0 bridgehead atoms. The van der Waals surface area contributed by atoms with Crippen LogP contribution in [0, 0.1) is 0 Å². The molecule has 7 nitrogen and oxygen atoms in total. The Balaban J connectivity index is 1.74. The summed E-state index contributed by atoms with van der Waals surface area (Å²) in [5.74, 6) is -0.106. The van der Waals surface area contributed by atoms with E-state index in [1.54, 1.807) is 24.5 Å². The third-order valence-electron chi connectivity index (χ3n) is 4.57. The summed E-state index contributed by atoms with van der Waals surface area (Å²) in [6, 6.07) is 8.56. The highest BCUT2D eigenvalue weighted by Gasteiger charge is 2.28. The van der Waals surface area contributed by atoms with Gasteiger partial charge in [-0.2, -0.15) is 5.10 Å². The molecule has 1 atom stereocenters. The van der Waals surface area contributed by atoms with E-state index < -0.39 is 6.04 Å². The first kappa shape index (κ1) is 19.7. The molecule has 0 radical (unpaired) electrons. The van der Waals surface area contributed by atoms with Gasteiger partial charge in [0.1, 0.15) is 11.8 Å². The number of aromatic nitrogens is 1. The Morgan fingerprint density at radius 2 is 2.07 bits per heavy atom. The molecule has 1 aromatic carbocycles. The minimum absolute atomic E-state index is 0.138. The van der Waals surface area contributed by atoms with Crippen LogP contribution < -0.4 is 5.43 Å². The van der Waals surface area contributed by atoms with E-state index in [0.717, 1.165) is 11.1 Å². The minimum Gasteiger partial charge on any atom is -0.507 e. The number of morpholine rings is 1. The highest BCUT2D eigenvalue weighted by Crippen LogP contribution is 2.23. The molecule has 7 heteroatoms. The van der Waals surface area contributed by atoms with Crippen LogP contribution in [0.2, 0.25) is 0 Å². The third kappa shape index (κ3) is 4.82. The van der Waals surface area contributed by atoms with E-state index in [-0.39, 0.29) is 11.7 Å². The van der Waals surface area contributed by atoms with E-state index in [1.165, 1.54) is 6.21 Å². The normalized spacial score (nSPS) is 16.0. The number of para-hydroxylation sites is 1. The molecule has 1 aromatic heterocycles. The highest BCUT2D eigenvalue weighted by atomic mass is 16.5. The number of carbonyl (C=O) groups is 1. The van der Waals surface area contributed by atoms with Crippen LogP contribution in [0.15, 0.2) is 60.5 Å². The molecule has 1 saturated heterocycles. The number of phenols is 1. The van der Waals surface area contributed by atoms with Crippen molar-refractivity contribution in [3.63, 3.8) is 0 Å². The van der Waals surface area contributed by atoms with Gasteiger partial charge in [0.2, 0.25) is 0 Å². The quantitative estimate of drug-likeness (QED) is 0.436. The van der Waals surface area contributed by atoms with Crippen LogP contribution in [0.3, 0.4) is 0 Å². The fraction of sp³-hybridized carbons (Fsp3) is 0.286. The maximum absolute atomic E-state index is 12.9. The number of nitrogens with zero attached hydrogens (tertiary/aromatic N) is 3. The summed E-state index contributed by atoms with van der Waals surface area (Å²) < 4.78 is 5.40. The van der Waals surface area contributed by atoms with Gasteiger partial charge in [0.05, 0.1) is 19.4 Å². The van der Waals surface area contributed by atoms with Crippen LogP contribution in [0.4, 0.5) is 0 Å². The van der Waals surface area contributed by atoms with Gasteiger partial charge in [-0.05, 0) is 35.7 Å². The van der Waals surface area contributed by atoms with Gasteiger partial charge in [0, 0.05) is 31.0 Å². The second kappa shape index (κ2) is 9.77. The maximum Gasteiger partial charge on any atom is 0.262 e. The molecule has 1 amide bonds. The maximum atomic E-state index is 12.9. The number of hydrazone groups is 1. The van der Waals surface area contributed by atoms with Crippen molar-refractivity contribution in [2.24, 2.45) is 5.10 Å². The van der Waals surface area contributed by atoms with Crippen molar-refractivity contribution in [3.05, 3.63) is 72.1 Å². The number of benzene rings is 1. The van der Waals surface area contributed by atoms with Crippen LogP contribution in [0.1, 0.15) is 22.7 Å². The number of ether oxygens (including phenoxy) is 1. The molecular weight excluding hydrogens is 356 g/mol. The Kier molecular flexibility index (Phi) is 6.89. The van der Waals surface area contributed by atoms with E-state index in [9.17, 15) is 9.90 Å².